The predicted molar refractivity (Wildman–Crippen MR) is 88.0 cm³/mol. The number of rotatable bonds is 3. The molecule has 8 heteroatoms. The summed E-state index contributed by atoms with van der Waals surface area (Å²) in [5.74, 6) is 1.20. The Hall–Kier alpha value is -2.90. The monoisotopic (exact) mass is 329 g/mol. The molecule has 0 bridgehead atoms. The van der Waals surface area contributed by atoms with Crippen LogP contribution in [0.5, 0.6) is 0 Å². The van der Waals surface area contributed by atoms with Gasteiger partial charge in [-0.05, 0) is 25.0 Å². The molecule has 0 spiro atoms. The van der Waals surface area contributed by atoms with Crippen LogP contribution in [0.1, 0.15) is 30.1 Å². The number of nitrogens with two attached hydrogens (primary N) is 1. The molecule has 1 amide bonds. The van der Waals surface area contributed by atoms with Crippen LogP contribution in [0.2, 0.25) is 0 Å². The zero-order valence-electron chi connectivity index (χ0n) is 13.4. The molecule has 0 unspecified atom stereocenters. The lowest BCUT2D eigenvalue weighted by molar-refractivity contribution is 0.111. The first-order valence-corrected chi connectivity index (χ1v) is 7.69. The molecule has 2 aromatic rings. The van der Waals surface area contributed by atoms with Crippen molar-refractivity contribution in [1.29, 1.82) is 5.41 Å². The molecule has 1 aromatic heterocycles. The van der Waals surface area contributed by atoms with E-state index in [9.17, 15) is 4.79 Å². The van der Waals surface area contributed by atoms with Crippen LogP contribution < -0.4 is 5.73 Å². The molecular formula is C16H19N5O3. The van der Waals surface area contributed by atoms with Crippen molar-refractivity contribution in [2.45, 2.75) is 18.8 Å². The number of likely N-dealkylation sites (tertiary alicyclic amines) is 1. The lowest BCUT2D eigenvalue weighted by atomic mass is 9.96. The Kier molecular flexibility index (Phi) is 4.45. The van der Waals surface area contributed by atoms with Crippen LogP contribution >= 0.6 is 0 Å². The molecule has 1 aliphatic rings. The molecule has 126 valence electrons. The number of nitrogen functional groups attached to an aromatic ring is 1. The quantitative estimate of drug-likeness (QED) is 0.658. The Bertz CT molecular complexity index is 750. The van der Waals surface area contributed by atoms with E-state index in [2.05, 4.69) is 10.1 Å². The van der Waals surface area contributed by atoms with Gasteiger partial charge in [-0.2, -0.15) is 4.98 Å². The molecular weight excluding hydrogens is 310 g/mol. The van der Waals surface area contributed by atoms with E-state index in [0.29, 0.717) is 36.1 Å². The number of aromatic nitrogens is 2. The third-order valence-electron chi connectivity index (χ3n) is 4.22. The third kappa shape index (κ3) is 3.08. The van der Waals surface area contributed by atoms with Crippen molar-refractivity contribution in [3.8, 4) is 11.5 Å². The van der Waals surface area contributed by atoms with E-state index in [4.69, 9.17) is 20.4 Å². The van der Waals surface area contributed by atoms with E-state index in [1.807, 2.05) is 0 Å². The number of carbonyl (C=O) groups excluding carboxylic acids is 1. The number of nitrogens with zero attached hydrogens (tertiary/aromatic N) is 3. The maximum atomic E-state index is 11.5. The molecule has 1 fully saturated rings. The number of methoxy groups -OCH3 is 1. The van der Waals surface area contributed by atoms with Gasteiger partial charge < -0.3 is 25.3 Å². The standard InChI is InChI=1S/C16H19N5O3/c1-23-16(22)21-6-4-10(5-7-21)14-19-15(24-20-14)11-2-3-12(9-17)13(18)8-11/h2-3,8-10,17H,4-7,18H2,1H3. The Labute approximate surface area is 139 Å². The van der Waals surface area contributed by atoms with Crippen molar-refractivity contribution in [3.63, 3.8) is 0 Å². The van der Waals surface area contributed by atoms with Gasteiger partial charge in [-0.25, -0.2) is 4.79 Å². The van der Waals surface area contributed by atoms with Crippen LogP contribution in [0.15, 0.2) is 22.7 Å². The van der Waals surface area contributed by atoms with Crippen LogP contribution in [0, 0.1) is 5.41 Å². The van der Waals surface area contributed by atoms with Crippen molar-refractivity contribution in [1.82, 2.24) is 15.0 Å². The summed E-state index contributed by atoms with van der Waals surface area (Å²) in [6.45, 7) is 1.23. The Balaban J connectivity index is 1.71. The van der Waals surface area contributed by atoms with Crippen molar-refractivity contribution < 1.29 is 14.1 Å². The minimum atomic E-state index is -0.302. The number of ether oxygens (including phenoxy) is 1. The minimum Gasteiger partial charge on any atom is -0.453 e. The lowest BCUT2D eigenvalue weighted by Crippen LogP contribution is -2.37. The molecule has 8 nitrogen and oxygen atoms in total. The summed E-state index contributed by atoms with van der Waals surface area (Å²) in [4.78, 5) is 17.7. The SMILES string of the molecule is COC(=O)N1CCC(c2noc(-c3ccc(C=N)c(N)c3)n2)CC1. The van der Waals surface area contributed by atoms with Crippen LogP contribution in [0.3, 0.4) is 0 Å². The highest BCUT2D eigenvalue weighted by Crippen LogP contribution is 2.29. The molecule has 24 heavy (non-hydrogen) atoms. The summed E-state index contributed by atoms with van der Waals surface area (Å²) >= 11 is 0. The van der Waals surface area contributed by atoms with Crippen molar-refractivity contribution in [3.05, 3.63) is 29.6 Å². The van der Waals surface area contributed by atoms with Gasteiger partial charge in [0.15, 0.2) is 5.82 Å². The van der Waals surface area contributed by atoms with Gasteiger partial charge in [-0.15, -0.1) is 0 Å². The summed E-state index contributed by atoms with van der Waals surface area (Å²) in [5, 5.41) is 11.3. The first-order chi connectivity index (χ1) is 11.6. The number of nitrogens with one attached hydrogen (secondary N) is 1. The number of amides is 1. The molecule has 0 atom stereocenters. The van der Waals surface area contributed by atoms with Gasteiger partial charge in [0, 0.05) is 42.0 Å². The number of anilines is 1. The number of piperidine rings is 1. The maximum Gasteiger partial charge on any atom is 0.409 e. The smallest absolute Gasteiger partial charge is 0.409 e. The average molecular weight is 329 g/mol. The second kappa shape index (κ2) is 6.69. The highest BCUT2D eigenvalue weighted by Gasteiger charge is 2.27. The first-order valence-electron chi connectivity index (χ1n) is 7.69. The van der Waals surface area contributed by atoms with Gasteiger partial charge in [0.1, 0.15) is 0 Å². The molecule has 1 aliphatic heterocycles. The van der Waals surface area contributed by atoms with E-state index in [1.54, 1.807) is 23.1 Å². The van der Waals surface area contributed by atoms with Crippen LogP contribution in [0.25, 0.3) is 11.5 Å². The van der Waals surface area contributed by atoms with Gasteiger partial charge in [0.2, 0.25) is 0 Å². The summed E-state index contributed by atoms with van der Waals surface area (Å²) in [7, 11) is 1.38. The van der Waals surface area contributed by atoms with Gasteiger partial charge >= 0.3 is 6.09 Å². The number of hydrogen-bond donors (Lipinski definition) is 2. The fourth-order valence-corrected chi connectivity index (χ4v) is 2.81. The minimum absolute atomic E-state index is 0.154. The molecule has 1 aromatic carbocycles. The van der Waals surface area contributed by atoms with Gasteiger partial charge in [-0.3, -0.25) is 0 Å². The normalized spacial score (nSPS) is 15.3. The van der Waals surface area contributed by atoms with Crippen molar-refractivity contribution in [2.75, 3.05) is 25.9 Å². The zero-order valence-corrected chi connectivity index (χ0v) is 13.4. The Morgan fingerprint density at radius 2 is 2.21 bits per heavy atom. The first kappa shape index (κ1) is 16.0. The van der Waals surface area contributed by atoms with E-state index >= 15 is 0 Å². The summed E-state index contributed by atoms with van der Waals surface area (Å²) in [6, 6.07) is 5.27. The Morgan fingerprint density at radius 1 is 1.46 bits per heavy atom. The lowest BCUT2D eigenvalue weighted by Gasteiger charge is -2.29. The summed E-state index contributed by atoms with van der Waals surface area (Å²) < 4.78 is 10.1. The Morgan fingerprint density at radius 3 is 2.83 bits per heavy atom. The van der Waals surface area contributed by atoms with Crippen LogP contribution in [0.4, 0.5) is 10.5 Å². The number of benzene rings is 1. The second-order valence-electron chi connectivity index (χ2n) is 5.68. The van der Waals surface area contributed by atoms with E-state index in [1.165, 1.54) is 13.3 Å². The number of carbonyl (C=O) groups is 1. The molecule has 2 heterocycles. The molecule has 3 N–H and O–H groups in total. The van der Waals surface area contributed by atoms with Crippen LogP contribution in [-0.4, -0.2) is 47.5 Å². The largest absolute Gasteiger partial charge is 0.453 e. The second-order valence-corrected chi connectivity index (χ2v) is 5.68. The molecule has 0 aliphatic carbocycles. The summed E-state index contributed by atoms with van der Waals surface area (Å²) in [5.41, 5.74) is 7.75. The molecule has 1 saturated heterocycles. The highest BCUT2D eigenvalue weighted by atomic mass is 16.5. The average Bonchev–Trinajstić information content (AvgIpc) is 3.11. The topological polar surface area (TPSA) is 118 Å². The molecule has 3 rings (SSSR count). The van der Waals surface area contributed by atoms with Gasteiger partial charge in [0.05, 0.1) is 7.11 Å². The fourth-order valence-electron chi connectivity index (χ4n) is 2.81. The predicted octanol–water partition coefficient (Wildman–Crippen LogP) is 2.26. The highest BCUT2D eigenvalue weighted by molar-refractivity contribution is 5.86. The van der Waals surface area contributed by atoms with E-state index < -0.39 is 0 Å². The fraction of sp³-hybridized carbons (Fsp3) is 0.375. The van der Waals surface area contributed by atoms with E-state index in [-0.39, 0.29) is 12.0 Å². The third-order valence-corrected chi connectivity index (χ3v) is 4.22. The van der Waals surface area contributed by atoms with Crippen molar-refractivity contribution in [2.24, 2.45) is 0 Å². The van der Waals surface area contributed by atoms with Crippen LogP contribution in [-0.2, 0) is 4.74 Å². The molecule has 0 radical (unpaired) electrons. The van der Waals surface area contributed by atoms with Gasteiger partial charge in [0.25, 0.3) is 5.89 Å². The maximum absolute atomic E-state index is 11.5. The van der Waals surface area contributed by atoms with Gasteiger partial charge in [-0.1, -0.05) is 11.2 Å². The van der Waals surface area contributed by atoms with E-state index in [0.717, 1.165) is 18.4 Å². The number of hydrogen-bond acceptors (Lipinski definition) is 7. The molecule has 0 saturated carbocycles. The van der Waals surface area contributed by atoms with Crippen molar-refractivity contribution >= 4 is 18.0 Å². The zero-order chi connectivity index (χ0) is 17.1. The summed E-state index contributed by atoms with van der Waals surface area (Å²) in [6.07, 6.45) is 2.43.